The number of para-hydroxylation sites is 1. The van der Waals surface area contributed by atoms with Crippen LogP contribution in [0.1, 0.15) is 28.4 Å². The Bertz CT molecular complexity index is 757. The van der Waals surface area contributed by atoms with Crippen LogP contribution in [0.5, 0.6) is 0 Å². The van der Waals surface area contributed by atoms with Crippen molar-refractivity contribution >= 4 is 17.5 Å². The number of amides is 1. The van der Waals surface area contributed by atoms with Crippen molar-refractivity contribution in [2.45, 2.75) is 20.3 Å². The fourth-order valence-electron chi connectivity index (χ4n) is 3.08. The number of carbonyl (C=O) groups excluding carboxylic acids is 1. The van der Waals surface area contributed by atoms with Gasteiger partial charge in [-0.05, 0) is 24.5 Å². The first-order valence-corrected chi connectivity index (χ1v) is 9.43. The summed E-state index contributed by atoms with van der Waals surface area (Å²) in [5, 5.41) is 6.19. The second-order valence-corrected chi connectivity index (χ2v) is 6.59. The zero-order chi connectivity index (χ0) is 19.1. The molecule has 0 radical (unpaired) electrons. The molecule has 3 rings (SSSR count). The molecular weight excluding hydrogens is 342 g/mol. The number of rotatable bonds is 7. The van der Waals surface area contributed by atoms with E-state index in [2.05, 4.69) is 51.5 Å². The van der Waals surface area contributed by atoms with Crippen molar-refractivity contribution in [2.24, 2.45) is 0 Å². The largest absolute Gasteiger partial charge is 0.379 e. The first-order valence-electron chi connectivity index (χ1n) is 9.43. The molecule has 27 heavy (non-hydrogen) atoms. The molecule has 1 aromatic heterocycles. The average molecular weight is 369 g/mol. The SMILES string of the molecule is CCc1cccc(C)c1Nc1ncc(C(=O)NCCN2CCOCC2)cn1. The van der Waals surface area contributed by atoms with Crippen molar-refractivity contribution in [3.05, 3.63) is 47.3 Å². The number of morpholine rings is 1. The maximum atomic E-state index is 12.3. The van der Waals surface area contributed by atoms with Crippen molar-refractivity contribution in [3.8, 4) is 0 Å². The summed E-state index contributed by atoms with van der Waals surface area (Å²) in [5.41, 5.74) is 3.84. The molecule has 0 unspecified atom stereocenters. The lowest BCUT2D eigenvalue weighted by atomic mass is 10.1. The van der Waals surface area contributed by atoms with Crippen LogP contribution in [-0.2, 0) is 11.2 Å². The predicted octanol–water partition coefficient (Wildman–Crippen LogP) is 2.15. The maximum absolute atomic E-state index is 12.3. The third-order valence-electron chi connectivity index (χ3n) is 4.71. The van der Waals surface area contributed by atoms with Crippen LogP contribution in [0.2, 0.25) is 0 Å². The molecule has 2 heterocycles. The minimum atomic E-state index is -0.153. The first-order chi connectivity index (χ1) is 13.2. The van der Waals surface area contributed by atoms with Crippen LogP contribution in [-0.4, -0.2) is 60.2 Å². The highest BCUT2D eigenvalue weighted by atomic mass is 16.5. The van der Waals surface area contributed by atoms with Crippen LogP contribution >= 0.6 is 0 Å². The molecule has 1 amide bonds. The van der Waals surface area contributed by atoms with Gasteiger partial charge in [0.15, 0.2) is 0 Å². The van der Waals surface area contributed by atoms with Gasteiger partial charge in [0.05, 0.1) is 18.8 Å². The average Bonchev–Trinajstić information content (AvgIpc) is 2.71. The molecule has 0 aliphatic carbocycles. The number of hydrogen-bond acceptors (Lipinski definition) is 6. The van der Waals surface area contributed by atoms with E-state index < -0.39 is 0 Å². The molecule has 1 aliphatic heterocycles. The molecule has 2 aromatic rings. The van der Waals surface area contributed by atoms with E-state index >= 15 is 0 Å². The van der Waals surface area contributed by atoms with Crippen LogP contribution in [0, 0.1) is 6.92 Å². The molecule has 0 atom stereocenters. The lowest BCUT2D eigenvalue weighted by Crippen LogP contribution is -2.41. The highest BCUT2D eigenvalue weighted by Gasteiger charge is 2.12. The number of nitrogens with one attached hydrogen (secondary N) is 2. The second-order valence-electron chi connectivity index (χ2n) is 6.59. The van der Waals surface area contributed by atoms with Gasteiger partial charge in [-0.1, -0.05) is 25.1 Å². The molecule has 7 heteroatoms. The molecule has 1 fully saturated rings. The monoisotopic (exact) mass is 369 g/mol. The summed E-state index contributed by atoms with van der Waals surface area (Å²) in [7, 11) is 0. The number of carbonyl (C=O) groups is 1. The van der Waals surface area contributed by atoms with E-state index in [0.717, 1.165) is 50.5 Å². The molecule has 0 spiro atoms. The third-order valence-corrected chi connectivity index (χ3v) is 4.71. The summed E-state index contributed by atoms with van der Waals surface area (Å²) in [4.78, 5) is 23.1. The van der Waals surface area contributed by atoms with Gasteiger partial charge in [-0.3, -0.25) is 9.69 Å². The number of hydrogen-bond donors (Lipinski definition) is 2. The van der Waals surface area contributed by atoms with Crippen molar-refractivity contribution < 1.29 is 9.53 Å². The smallest absolute Gasteiger partial charge is 0.254 e. The third kappa shape index (κ3) is 5.24. The van der Waals surface area contributed by atoms with Gasteiger partial charge in [0.1, 0.15) is 0 Å². The van der Waals surface area contributed by atoms with Crippen LogP contribution < -0.4 is 10.6 Å². The van der Waals surface area contributed by atoms with Crippen LogP contribution in [0.25, 0.3) is 0 Å². The Morgan fingerprint density at radius 2 is 1.96 bits per heavy atom. The predicted molar refractivity (Wildman–Crippen MR) is 105 cm³/mol. The van der Waals surface area contributed by atoms with E-state index in [0.29, 0.717) is 18.1 Å². The van der Waals surface area contributed by atoms with Gasteiger partial charge >= 0.3 is 0 Å². The quantitative estimate of drug-likeness (QED) is 0.779. The Labute approximate surface area is 160 Å². The number of anilines is 2. The Hall–Kier alpha value is -2.51. The summed E-state index contributed by atoms with van der Waals surface area (Å²) in [6, 6.07) is 6.19. The Kier molecular flexibility index (Phi) is 6.73. The topological polar surface area (TPSA) is 79.4 Å². The lowest BCUT2D eigenvalue weighted by molar-refractivity contribution is 0.0383. The first kappa shape index (κ1) is 19.3. The van der Waals surface area contributed by atoms with E-state index in [9.17, 15) is 4.79 Å². The van der Waals surface area contributed by atoms with Gasteiger partial charge in [-0.2, -0.15) is 0 Å². The normalized spacial score (nSPS) is 14.7. The van der Waals surface area contributed by atoms with Gasteiger partial charge in [-0.15, -0.1) is 0 Å². The summed E-state index contributed by atoms with van der Waals surface area (Å²) in [5.74, 6) is 0.337. The standard InChI is InChI=1S/C20H27N5O2/c1-3-16-6-4-5-15(2)18(16)24-20-22-13-17(14-23-20)19(26)21-7-8-25-9-11-27-12-10-25/h4-6,13-14H,3,7-12H2,1-2H3,(H,21,26)(H,22,23,24). The second kappa shape index (κ2) is 9.43. The van der Waals surface area contributed by atoms with Gasteiger partial charge in [0, 0.05) is 44.3 Å². The number of ether oxygens (including phenoxy) is 1. The number of aromatic nitrogens is 2. The molecule has 0 bridgehead atoms. The molecule has 2 N–H and O–H groups in total. The summed E-state index contributed by atoms with van der Waals surface area (Å²) in [6.07, 6.45) is 4.04. The molecule has 1 aliphatic rings. The van der Waals surface area contributed by atoms with Crippen molar-refractivity contribution in [1.29, 1.82) is 0 Å². The Balaban J connectivity index is 1.54. The number of aryl methyl sites for hydroxylation is 2. The van der Waals surface area contributed by atoms with Gasteiger partial charge in [0.25, 0.3) is 5.91 Å². The maximum Gasteiger partial charge on any atom is 0.254 e. The van der Waals surface area contributed by atoms with Gasteiger partial charge in [0.2, 0.25) is 5.95 Å². The number of benzene rings is 1. The number of nitrogens with zero attached hydrogens (tertiary/aromatic N) is 3. The highest BCUT2D eigenvalue weighted by Crippen LogP contribution is 2.23. The highest BCUT2D eigenvalue weighted by molar-refractivity contribution is 5.93. The lowest BCUT2D eigenvalue weighted by Gasteiger charge is -2.26. The molecular formula is C20H27N5O2. The zero-order valence-corrected chi connectivity index (χ0v) is 16.0. The fourth-order valence-corrected chi connectivity index (χ4v) is 3.08. The van der Waals surface area contributed by atoms with Crippen LogP contribution in [0.3, 0.4) is 0 Å². The van der Waals surface area contributed by atoms with E-state index in [4.69, 9.17) is 4.74 Å². The summed E-state index contributed by atoms with van der Waals surface area (Å²) >= 11 is 0. The van der Waals surface area contributed by atoms with Crippen molar-refractivity contribution in [1.82, 2.24) is 20.2 Å². The molecule has 1 aromatic carbocycles. The minimum absolute atomic E-state index is 0.153. The summed E-state index contributed by atoms with van der Waals surface area (Å²) < 4.78 is 5.32. The van der Waals surface area contributed by atoms with Crippen LogP contribution in [0.4, 0.5) is 11.6 Å². The van der Waals surface area contributed by atoms with E-state index in [1.807, 2.05) is 6.07 Å². The molecule has 0 saturated carbocycles. The van der Waals surface area contributed by atoms with Gasteiger partial charge in [-0.25, -0.2) is 9.97 Å². The van der Waals surface area contributed by atoms with Crippen molar-refractivity contribution in [2.75, 3.05) is 44.7 Å². The molecule has 144 valence electrons. The Morgan fingerprint density at radius 1 is 1.22 bits per heavy atom. The molecule has 1 saturated heterocycles. The van der Waals surface area contributed by atoms with Gasteiger partial charge < -0.3 is 15.4 Å². The Morgan fingerprint density at radius 3 is 2.67 bits per heavy atom. The van der Waals surface area contributed by atoms with E-state index in [-0.39, 0.29) is 5.91 Å². The van der Waals surface area contributed by atoms with E-state index in [1.165, 1.54) is 5.56 Å². The molecule has 7 nitrogen and oxygen atoms in total. The fraction of sp³-hybridized carbons (Fsp3) is 0.450. The summed E-state index contributed by atoms with van der Waals surface area (Å²) in [6.45, 7) is 8.94. The zero-order valence-electron chi connectivity index (χ0n) is 16.0. The minimum Gasteiger partial charge on any atom is -0.379 e. The van der Waals surface area contributed by atoms with Crippen LogP contribution in [0.15, 0.2) is 30.6 Å². The van der Waals surface area contributed by atoms with E-state index in [1.54, 1.807) is 12.4 Å². The van der Waals surface area contributed by atoms with Crippen molar-refractivity contribution in [3.63, 3.8) is 0 Å².